The molecule has 0 saturated carbocycles. The lowest BCUT2D eigenvalue weighted by Gasteiger charge is -2.23. The number of halogens is 1. The Morgan fingerprint density at radius 1 is 1.42 bits per heavy atom. The molecule has 4 nitrogen and oxygen atoms in total. The lowest BCUT2D eigenvalue weighted by Crippen LogP contribution is -2.26. The second kappa shape index (κ2) is 6.28. The minimum atomic E-state index is -0.874. The van der Waals surface area contributed by atoms with E-state index in [0.29, 0.717) is 24.5 Å². The molecule has 0 spiro atoms. The van der Waals surface area contributed by atoms with E-state index in [0.717, 1.165) is 10.0 Å². The fraction of sp³-hybridized carbons (Fsp3) is 0.500. The monoisotopic (exact) mass is 330 g/mol. The van der Waals surface area contributed by atoms with Crippen LogP contribution in [0.5, 0.6) is 11.5 Å². The molecule has 0 aromatic heterocycles. The van der Waals surface area contributed by atoms with E-state index >= 15 is 0 Å². The summed E-state index contributed by atoms with van der Waals surface area (Å²) in [5, 5.41) is 9.25. The lowest BCUT2D eigenvalue weighted by molar-refractivity contribution is -0.146. The molecule has 0 unspecified atom stereocenters. The maximum absolute atomic E-state index is 11.3. The van der Waals surface area contributed by atoms with E-state index in [-0.39, 0.29) is 0 Å². The Hall–Kier alpha value is -1.23. The largest absolute Gasteiger partial charge is 0.493 e. The van der Waals surface area contributed by atoms with E-state index in [1.807, 2.05) is 13.0 Å². The number of hydrogen-bond donors (Lipinski definition) is 1. The molecule has 0 radical (unpaired) electrons. The third kappa shape index (κ3) is 3.62. The number of carbonyl (C=O) groups is 1. The lowest BCUT2D eigenvalue weighted by atomic mass is 9.85. The average molecular weight is 331 g/mol. The molecule has 0 aliphatic carbocycles. The Morgan fingerprint density at radius 3 is 2.53 bits per heavy atom. The van der Waals surface area contributed by atoms with Gasteiger partial charge in [0, 0.05) is 10.0 Å². The molecule has 5 heteroatoms. The zero-order chi connectivity index (χ0) is 14.6. The number of benzene rings is 1. The maximum atomic E-state index is 11.3. The van der Waals surface area contributed by atoms with Crippen LogP contribution < -0.4 is 9.47 Å². The van der Waals surface area contributed by atoms with Gasteiger partial charge in [-0.2, -0.15) is 0 Å². The Morgan fingerprint density at radius 2 is 2.05 bits per heavy atom. The summed E-state index contributed by atoms with van der Waals surface area (Å²) in [6, 6.07) is 3.64. The predicted octanol–water partition coefficient (Wildman–Crippen LogP) is 3.51. The molecule has 0 aliphatic heterocycles. The SMILES string of the molecule is CCOc1c(OC)ccc(Br)c1CC(C)(C)C(=O)O. The molecule has 1 aromatic rings. The molecular weight excluding hydrogens is 312 g/mol. The minimum absolute atomic E-state index is 0.357. The number of ether oxygens (including phenoxy) is 2. The van der Waals surface area contributed by atoms with Gasteiger partial charge in [-0.05, 0) is 39.3 Å². The third-order valence-corrected chi connectivity index (χ3v) is 3.62. The van der Waals surface area contributed by atoms with Gasteiger partial charge in [0.05, 0.1) is 19.1 Å². The fourth-order valence-electron chi connectivity index (χ4n) is 1.73. The summed E-state index contributed by atoms with van der Waals surface area (Å²) in [5.74, 6) is 0.375. The van der Waals surface area contributed by atoms with Crippen molar-refractivity contribution in [1.82, 2.24) is 0 Å². The highest BCUT2D eigenvalue weighted by atomic mass is 79.9. The van der Waals surface area contributed by atoms with Gasteiger partial charge in [-0.15, -0.1) is 0 Å². The van der Waals surface area contributed by atoms with Crippen LogP contribution >= 0.6 is 15.9 Å². The summed E-state index contributed by atoms with van der Waals surface area (Å²) in [6.07, 6.45) is 0.357. The van der Waals surface area contributed by atoms with E-state index < -0.39 is 11.4 Å². The molecule has 106 valence electrons. The van der Waals surface area contributed by atoms with Crippen LogP contribution in [-0.2, 0) is 11.2 Å². The van der Waals surface area contributed by atoms with Gasteiger partial charge in [0.1, 0.15) is 0 Å². The van der Waals surface area contributed by atoms with Crippen LogP contribution in [0, 0.1) is 5.41 Å². The smallest absolute Gasteiger partial charge is 0.309 e. The van der Waals surface area contributed by atoms with Crippen molar-refractivity contribution in [2.75, 3.05) is 13.7 Å². The van der Waals surface area contributed by atoms with Crippen LogP contribution in [-0.4, -0.2) is 24.8 Å². The molecule has 1 rings (SSSR count). The second-order valence-electron chi connectivity index (χ2n) is 4.86. The fourth-order valence-corrected chi connectivity index (χ4v) is 2.18. The summed E-state index contributed by atoms with van der Waals surface area (Å²) in [6.45, 7) is 5.76. The molecule has 0 aliphatic rings. The molecule has 0 saturated heterocycles. The number of carboxylic acids is 1. The molecule has 0 fully saturated rings. The van der Waals surface area contributed by atoms with Crippen molar-refractivity contribution in [2.45, 2.75) is 27.2 Å². The van der Waals surface area contributed by atoms with Crippen molar-refractivity contribution in [3.63, 3.8) is 0 Å². The van der Waals surface area contributed by atoms with E-state index in [2.05, 4.69) is 15.9 Å². The summed E-state index contributed by atoms with van der Waals surface area (Å²) < 4.78 is 11.7. The first-order valence-electron chi connectivity index (χ1n) is 6.05. The van der Waals surface area contributed by atoms with E-state index in [4.69, 9.17) is 9.47 Å². The first-order valence-corrected chi connectivity index (χ1v) is 6.84. The van der Waals surface area contributed by atoms with Gasteiger partial charge in [0.2, 0.25) is 0 Å². The maximum Gasteiger partial charge on any atom is 0.309 e. The quantitative estimate of drug-likeness (QED) is 0.867. The Balaban J connectivity index is 3.28. The van der Waals surface area contributed by atoms with Crippen LogP contribution in [0.15, 0.2) is 16.6 Å². The van der Waals surface area contributed by atoms with E-state index in [9.17, 15) is 9.90 Å². The van der Waals surface area contributed by atoms with Gasteiger partial charge in [-0.1, -0.05) is 15.9 Å². The van der Waals surface area contributed by atoms with Crippen molar-refractivity contribution in [1.29, 1.82) is 0 Å². The normalized spacial score (nSPS) is 11.2. The number of aliphatic carboxylic acids is 1. The number of carboxylic acid groups (broad SMARTS) is 1. The highest BCUT2D eigenvalue weighted by Gasteiger charge is 2.30. The molecule has 0 atom stereocenters. The third-order valence-electron chi connectivity index (χ3n) is 2.87. The van der Waals surface area contributed by atoms with Crippen LogP contribution in [0.2, 0.25) is 0 Å². The highest BCUT2D eigenvalue weighted by molar-refractivity contribution is 9.10. The van der Waals surface area contributed by atoms with Gasteiger partial charge < -0.3 is 14.6 Å². The van der Waals surface area contributed by atoms with Crippen molar-refractivity contribution in [2.24, 2.45) is 5.41 Å². The molecule has 0 heterocycles. The van der Waals surface area contributed by atoms with E-state index in [1.165, 1.54) is 0 Å². The first-order chi connectivity index (χ1) is 8.83. The second-order valence-corrected chi connectivity index (χ2v) is 5.71. The predicted molar refractivity (Wildman–Crippen MR) is 77.0 cm³/mol. The summed E-state index contributed by atoms with van der Waals surface area (Å²) >= 11 is 3.45. The Kier molecular flexibility index (Phi) is 5.23. The van der Waals surface area contributed by atoms with Crippen molar-refractivity contribution < 1.29 is 19.4 Å². The zero-order valence-electron chi connectivity index (χ0n) is 11.6. The molecule has 0 amide bonds. The van der Waals surface area contributed by atoms with Gasteiger partial charge in [-0.3, -0.25) is 4.79 Å². The van der Waals surface area contributed by atoms with Gasteiger partial charge in [0.15, 0.2) is 11.5 Å². The zero-order valence-corrected chi connectivity index (χ0v) is 13.2. The summed E-state index contributed by atoms with van der Waals surface area (Å²) in [7, 11) is 1.57. The topological polar surface area (TPSA) is 55.8 Å². The van der Waals surface area contributed by atoms with Gasteiger partial charge in [0.25, 0.3) is 0 Å². The highest BCUT2D eigenvalue weighted by Crippen LogP contribution is 2.39. The number of hydrogen-bond acceptors (Lipinski definition) is 3. The van der Waals surface area contributed by atoms with Gasteiger partial charge >= 0.3 is 5.97 Å². The standard InChI is InChI=1S/C14H19BrO4/c1-5-19-12-9(8-14(2,3)13(16)17)10(15)6-7-11(12)18-4/h6-7H,5,8H2,1-4H3,(H,16,17). The number of rotatable bonds is 6. The average Bonchev–Trinajstić information content (AvgIpc) is 2.34. The van der Waals surface area contributed by atoms with Crippen LogP contribution in [0.3, 0.4) is 0 Å². The molecule has 19 heavy (non-hydrogen) atoms. The van der Waals surface area contributed by atoms with Crippen LogP contribution in [0.25, 0.3) is 0 Å². The Bertz CT molecular complexity index is 469. The van der Waals surface area contributed by atoms with Crippen molar-refractivity contribution in [3.05, 3.63) is 22.2 Å². The molecule has 0 bridgehead atoms. The molecular formula is C14H19BrO4. The number of methoxy groups -OCH3 is 1. The molecule has 1 N–H and O–H groups in total. The van der Waals surface area contributed by atoms with Crippen molar-refractivity contribution in [3.8, 4) is 11.5 Å². The van der Waals surface area contributed by atoms with Crippen LogP contribution in [0.4, 0.5) is 0 Å². The summed E-state index contributed by atoms with van der Waals surface area (Å²) in [4.78, 5) is 11.3. The van der Waals surface area contributed by atoms with Crippen molar-refractivity contribution >= 4 is 21.9 Å². The minimum Gasteiger partial charge on any atom is -0.493 e. The van der Waals surface area contributed by atoms with E-state index in [1.54, 1.807) is 27.0 Å². The van der Waals surface area contributed by atoms with Gasteiger partial charge in [-0.25, -0.2) is 0 Å². The summed E-state index contributed by atoms with van der Waals surface area (Å²) in [5.41, 5.74) is -0.0608. The molecule has 1 aromatic carbocycles. The first kappa shape index (κ1) is 15.8. The Labute approximate surface area is 121 Å². The van der Waals surface area contributed by atoms with Crippen LogP contribution in [0.1, 0.15) is 26.3 Å².